The summed E-state index contributed by atoms with van der Waals surface area (Å²) in [6.07, 6.45) is 4.22. The molecule has 1 amide bonds. The predicted molar refractivity (Wildman–Crippen MR) is 106 cm³/mol. The summed E-state index contributed by atoms with van der Waals surface area (Å²) in [6, 6.07) is 6.78. The number of sulfonamides is 1. The van der Waals surface area contributed by atoms with Crippen LogP contribution in [0.25, 0.3) is 0 Å². The third-order valence-corrected chi connectivity index (χ3v) is 6.09. The van der Waals surface area contributed by atoms with Gasteiger partial charge in [-0.05, 0) is 65.0 Å². The molecular weight excluding hydrogens is 380 g/mol. The maximum Gasteiger partial charge on any atom is 0.410 e. The Morgan fingerprint density at radius 1 is 1.25 bits per heavy atom. The fraction of sp³-hybridized carbons (Fsp3) is 0.600. The zero-order chi connectivity index (χ0) is 20.4. The van der Waals surface area contributed by atoms with Gasteiger partial charge in [0.2, 0.25) is 5.90 Å². The van der Waals surface area contributed by atoms with Gasteiger partial charge in [-0.15, -0.1) is 4.40 Å². The van der Waals surface area contributed by atoms with Crippen LogP contribution in [0.2, 0.25) is 0 Å². The minimum absolute atomic E-state index is 0.119. The monoisotopic (exact) mass is 408 g/mol. The van der Waals surface area contributed by atoms with E-state index in [0.29, 0.717) is 25.1 Å². The molecule has 0 N–H and O–H groups in total. The van der Waals surface area contributed by atoms with Gasteiger partial charge in [-0.2, -0.15) is 8.42 Å². The number of hydrogen-bond acceptors (Lipinski definition) is 5. The summed E-state index contributed by atoms with van der Waals surface area (Å²) in [5, 5.41) is 0. The number of rotatable bonds is 4. The molecule has 0 radical (unpaired) electrons. The minimum atomic E-state index is -3.66. The molecule has 0 bridgehead atoms. The number of benzene rings is 1. The summed E-state index contributed by atoms with van der Waals surface area (Å²) >= 11 is 0. The second-order valence-electron chi connectivity index (χ2n) is 8.18. The largest absolute Gasteiger partial charge is 0.477 e. The van der Waals surface area contributed by atoms with Crippen molar-refractivity contribution in [2.75, 3.05) is 13.2 Å². The third-order valence-electron chi connectivity index (χ3n) is 4.77. The molecule has 2 aliphatic heterocycles. The highest BCUT2D eigenvalue weighted by Gasteiger charge is 2.31. The first-order valence-electron chi connectivity index (χ1n) is 9.74. The number of ether oxygens (including phenoxy) is 2. The third kappa shape index (κ3) is 4.84. The predicted octanol–water partition coefficient (Wildman–Crippen LogP) is 3.72. The van der Waals surface area contributed by atoms with Gasteiger partial charge in [0.05, 0.1) is 12.2 Å². The van der Waals surface area contributed by atoms with Crippen LogP contribution in [-0.2, 0) is 19.5 Å². The van der Waals surface area contributed by atoms with Crippen molar-refractivity contribution in [3.63, 3.8) is 0 Å². The van der Waals surface area contributed by atoms with E-state index in [-0.39, 0.29) is 22.9 Å². The van der Waals surface area contributed by atoms with Gasteiger partial charge < -0.3 is 14.4 Å². The topological polar surface area (TPSA) is 85.3 Å². The second kappa shape index (κ2) is 8.11. The smallest absolute Gasteiger partial charge is 0.410 e. The Hall–Kier alpha value is -2.09. The van der Waals surface area contributed by atoms with Crippen LogP contribution < -0.4 is 0 Å². The van der Waals surface area contributed by atoms with E-state index in [4.69, 9.17) is 9.47 Å². The average Bonchev–Trinajstić information content (AvgIpc) is 2.88. The number of hydrogen-bond donors (Lipinski definition) is 0. The first-order valence-corrected chi connectivity index (χ1v) is 11.2. The van der Waals surface area contributed by atoms with Crippen LogP contribution >= 0.6 is 0 Å². The molecule has 1 aromatic rings. The summed E-state index contributed by atoms with van der Waals surface area (Å²) in [5.74, 6) is 0.156. The number of nitrogens with zero attached hydrogens (tertiary/aromatic N) is 2. The van der Waals surface area contributed by atoms with Crippen LogP contribution in [0.3, 0.4) is 0 Å². The number of carbonyl (C=O) groups is 1. The van der Waals surface area contributed by atoms with Crippen LogP contribution in [0.4, 0.5) is 4.79 Å². The molecule has 3 rings (SSSR count). The van der Waals surface area contributed by atoms with Crippen molar-refractivity contribution in [1.82, 2.24) is 4.90 Å². The van der Waals surface area contributed by atoms with Gasteiger partial charge in [0.1, 0.15) is 10.5 Å². The Kier molecular flexibility index (Phi) is 5.98. The lowest BCUT2D eigenvalue weighted by Gasteiger charge is -2.36. The minimum Gasteiger partial charge on any atom is -0.477 e. The lowest BCUT2D eigenvalue weighted by molar-refractivity contribution is 0.00818. The summed E-state index contributed by atoms with van der Waals surface area (Å²) in [7, 11) is -3.66. The maximum atomic E-state index is 12.5. The molecule has 154 valence electrons. The summed E-state index contributed by atoms with van der Waals surface area (Å²) in [6.45, 7) is 6.66. The fourth-order valence-corrected chi connectivity index (χ4v) is 4.68. The van der Waals surface area contributed by atoms with Gasteiger partial charge in [-0.1, -0.05) is 12.1 Å². The molecular formula is C20H28N2O5S. The van der Waals surface area contributed by atoms with Crippen molar-refractivity contribution in [3.05, 3.63) is 29.8 Å². The molecule has 1 aromatic carbocycles. The first kappa shape index (κ1) is 20.6. The van der Waals surface area contributed by atoms with Crippen molar-refractivity contribution in [3.8, 4) is 0 Å². The van der Waals surface area contributed by atoms with E-state index < -0.39 is 15.6 Å². The fourth-order valence-electron chi connectivity index (χ4n) is 3.53. The molecule has 1 saturated heterocycles. The van der Waals surface area contributed by atoms with Crippen LogP contribution in [0.15, 0.2) is 33.6 Å². The number of piperidine rings is 1. The molecule has 1 fully saturated rings. The van der Waals surface area contributed by atoms with E-state index in [1.807, 2.05) is 25.7 Å². The Bertz CT molecular complexity index is 858. The zero-order valence-electron chi connectivity index (χ0n) is 16.7. The van der Waals surface area contributed by atoms with Crippen molar-refractivity contribution < 1.29 is 22.7 Å². The van der Waals surface area contributed by atoms with Crippen LogP contribution in [0, 0.1) is 0 Å². The molecule has 28 heavy (non-hydrogen) atoms. The van der Waals surface area contributed by atoms with Crippen molar-refractivity contribution in [2.45, 2.75) is 69.4 Å². The van der Waals surface area contributed by atoms with Gasteiger partial charge >= 0.3 is 6.09 Å². The normalized spacial score (nSPS) is 21.0. The molecule has 8 heteroatoms. The van der Waals surface area contributed by atoms with Crippen LogP contribution in [-0.4, -0.2) is 50.1 Å². The van der Waals surface area contributed by atoms with Gasteiger partial charge in [0, 0.05) is 12.6 Å². The molecule has 0 unspecified atom stereocenters. The molecule has 7 nitrogen and oxygen atoms in total. The average molecular weight is 409 g/mol. The van der Waals surface area contributed by atoms with E-state index in [9.17, 15) is 13.2 Å². The lowest BCUT2D eigenvalue weighted by Crippen LogP contribution is -2.46. The van der Waals surface area contributed by atoms with Gasteiger partial charge in [-0.3, -0.25) is 0 Å². The Balaban J connectivity index is 1.54. The zero-order valence-corrected chi connectivity index (χ0v) is 17.5. The number of likely N-dealkylation sites (tertiary alicyclic amines) is 1. The second-order valence-corrected chi connectivity index (χ2v) is 9.75. The van der Waals surface area contributed by atoms with Crippen molar-refractivity contribution >= 4 is 22.0 Å². The molecule has 2 aliphatic rings. The lowest BCUT2D eigenvalue weighted by atomic mass is 9.98. The summed E-state index contributed by atoms with van der Waals surface area (Å²) in [5.41, 5.74) is -0.00244. The number of fused-ring (bicyclic) bond motifs is 1. The number of carbonyl (C=O) groups excluding carboxylic acids is 1. The molecule has 0 spiro atoms. The Morgan fingerprint density at radius 3 is 2.75 bits per heavy atom. The van der Waals surface area contributed by atoms with Gasteiger partial charge in [0.15, 0.2) is 0 Å². The van der Waals surface area contributed by atoms with E-state index in [0.717, 1.165) is 25.7 Å². The highest BCUT2D eigenvalue weighted by molar-refractivity contribution is 7.90. The Labute approximate surface area is 166 Å². The summed E-state index contributed by atoms with van der Waals surface area (Å²) in [4.78, 5) is 14.5. The van der Waals surface area contributed by atoms with Crippen molar-refractivity contribution in [1.29, 1.82) is 0 Å². The summed E-state index contributed by atoms with van der Waals surface area (Å²) < 4.78 is 39.0. The highest BCUT2D eigenvalue weighted by Crippen LogP contribution is 2.27. The van der Waals surface area contributed by atoms with Gasteiger partial charge in [0.25, 0.3) is 10.0 Å². The van der Waals surface area contributed by atoms with E-state index >= 15 is 0 Å². The first-order chi connectivity index (χ1) is 13.2. The van der Waals surface area contributed by atoms with E-state index in [1.165, 1.54) is 6.07 Å². The Morgan fingerprint density at radius 2 is 2.00 bits per heavy atom. The number of amides is 1. The highest BCUT2D eigenvalue weighted by atomic mass is 32.2. The standard InChI is InChI=1S/C20H28N2O5S/c1-20(2,3)27-19(23)22-13-7-6-9-15(22)10-8-14-26-18-16-11-4-5-12-17(16)28(24,25)21-18/h4-5,11-12,15H,6-10,13-14H2,1-3H3/t15-/m1/s1. The molecule has 0 aliphatic carbocycles. The quantitative estimate of drug-likeness (QED) is 0.709. The van der Waals surface area contributed by atoms with E-state index in [1.54, 1.807) is 18.2 Å². The molecule has 0 saturated carbocycles. The van der Waals surface area contributed by atoms with E-state index in [2.05, 4.69) is 4.40 Å². The molecule has 2 heterocycles. The molecule has 1 atom stereocenters. The van der Waals surface area contributed by atoms with Crippen LogP contribution in [0.5, 0.6) is 0 Å². The SMILES string of the molecule is CC(C)(C)OC(=O)N1CCCC[C@@H]1CCCOC1=NS(=O)(=O)c2ccccc21. The maximum absolute atomic E-state index is 12.5. The molecule has 0 aromatic heterocycles. The van der Waals surface area contributed by atoms with Gasteiger partial charge in [-0.25, -0.2) is 4.79 Å². The van der Waals surface area contributed by atoms with Crippen LogP contribution in [0.1, 0.15) is 58.4 Å². The van der Waals surface area contributed by atoms with Crippen molar-refractivity contribution in [2.24, 2.45) is 4.40 Å².